The van der Waals surface area contributed by atoms with Crippen molar-refractivity contribution in [3.05, 3.63) is 27.7 Å². The van der Waals surface area contributed by atoms with E-state index in [-0.39, 0.29) is 33.1 Å². The van der Waals surface area contributed by atoms with Crippen molar-refractivity contribution in [1.29, 1.82) is 0 Å². The second-order valence-corrected chi connectivity index (χ2v) is 5.05. The smallest absolute Gasteiger partial charge is 0.335 e. The highest BCUT2D eigenvalue weighted by Crippen LogP contribution is 2.34. The number of benzene rings is 1. The highest BCUT2D eigenvalue weighted by atomic mass is 35.5. The molecule has 1 amide bonds. The molecule has 0 unspecified atom stereocenters. The molecule has 1 aromatic carbocycles. The fourth-order valence-corrected chi connectivity index (χ4v) is 2.29. The fraction of sp³-hybridized carbons (Fsp3) is 0.333. The van der Waals surface area contributed by atoms with Gasteiger partial charge >= 0.3 is 5.97 Å². The van der Waals surface area contributed by atoms with E-state index in [1.807, 2.05) is 0 Å². The van der Waals surface area contributed by atoms with Gasteiger partial charge in [-0.25, -0.2) is 4.79 Å². The Morgan fingerprint density at radius 1 is 1.22 bits per heavy atom. The molecule has 1 fully saturated rings. The number of carbonyl (C=O) groups excluding carboxylic acids is 1. The molecule has 2 rings (SSSR count). The Kier molecular flexibility index (Phi) is 3.78. The number of carboxylic acid groups (broad SMARTS) is 1. The molecule has 0 saturated heterocycles. The van der Waals surface area contributed by atoms with E-state index in [1.54, 1.807) is 0 Å². The van der Waals surface area contributed by atoms with Crippen LogP contribution in [0.2, 0.25) is 10.0 Å². The van der Waals surface area contributed by atoms with Crippen LogP contribution in [-0.2, 0) is 4.79 Å². The van der Waals surface area contributed by atoms with Gasteiger partial charge in [0.1, 0.15) is 0 Å². The number of aromatic carboxylic acids is 1. The second kappa shape index (κ2) is 5.16. The summed E-state index contributed by atoms with van der Waals surface area (Å²) in [5, 5.41) is 11.8. The first kappa shape index (κ1) is 13.2. The maximum atomic E-state index is 11.8. The predicted molar refractivity (Wildman–Crippen MR) is 69.4 cm³/mol. The van der Waals surface area contributed by atoms with Gasteiger partial charge in [-0.05, 0) is 25.0 Å². The average Bonchev–Trinajstić information content (AvgIpc) is 2.20. The van der Waals surface area contributed by atoms with E-state index in [0.29, 0.717) is 0 Å². The van der Waals surface area contributed by atoms with Gasteiger partial charge in [0.25, 0.3) is 0 Å². The Hall–Kier alpha value is -1.26. The number of amides is 1. The zero-order valence-electron chi connectivity index (χ0n) is 9.37. The van der Waals surface area contributed by atoms with E-state index >= 15 is 0 Å². The van der Waals surface area contributed by atoms with Crippen LogP contribution in [0.25, 0.3) is 0 Å². The average molecular weight is 288 g/mol. The van der Waals surface area contributed by atoms with Crippen molar-refractivity contribution in [2.45, 2.75) is 19.3 Å². The first-order chi connectivity index (χ1) is 8.49. The van der Waals surface area contributed by atoms with Crippen molar-refractivity contribution in [2.75, 3.05) is 5.32 Å². The van der Waals surface area contributed by atoms with Crippen molar-refractivity contribution < 1.29 is 14.7 Å². The Morgan fingerprint density at radius 3 is 2.17 bits per heavy atom. The van der Waals surface area contributed by atoms with Gasteiger partial charge in [-0.2, -0.15) is 0 Å². The van der Waals surface area contributed by atoms with Gasteiger partial charge in [0.2, 0.25) is 5.91 Å². The Bertz CT molecular complexity index is 489. The summed E-state index contributed by atoms with van der Waals surface area (Å²) < 4.78 is 0. The Labute approximate surface area is 114 Å². The molecule has 0 spiro atoms. The number of halogens is 2. The van der Waals surface area contributed by atoms with Crippen molar-refractivity contribution >= 4 is 40.8 Å². The summed E-state index contributed by atoms with van der Waals surface area (Å²) >= 11 is 11.9. The Balaban J connectivity index is 2.22. The lowest BCUT2D eigenvalue weighted by atomic mass is 9.85. The van der Waals surface area contributed by atoms with Crippen molar-refractivity contribution in [2.24, 2.45) is 5.92 Å². The van der Waals surface area contributed by atoms with E-state index in [9.17, 15) is 9.59 Å². The predicted octanol–water partition coefficient (Wildman–Crippen LogP) is 3.43. The topological polar surface area (TPSA) is 66.4 Å². The Morgan fingerprint density at radius 2 is 1.78 bits per heavy atom. The highest BCUT2D eigenvalue weighted by Gasteiger charge is 2.26. The van der Waals surface area contributed by atoms with E-state index in [4.69, 9.17) is 28.3 Å². The second-order valence-electron chi connectivity index (χ2n) is 4.24. The molecule has 0 aromatic heterocycles. The van der Waals surface area contributed by atoms with Crippen LogP contribution in [0.15, 0.2) is 12.1 Å². The highest BCUT2D eigenvalue weighted by molar-refractivity contribution is 6.40. The number of nitrogens with one attached hydrogen (secondary N) is 1. The lowest BCUT2D eigenvalue weighted by Gasteiger charge is -2.24. The number of hydrogen-bond donors (Lipinski definition) is 2. The first-order valence-electron chi connectivity index (χ1n) is 5.52. The van der Waals surface area contributed by atoms with Crippen molar-refractivity contribution in [3.8, 4) is 0 Å². The molecular formula is C12H11Cl2NO3. The molecule has 96 valence electrons. The van der Waals surface area contributed by atoms with Gasteiger partial charge in [-0.15, -0.1) is 0 Å². The zero-order valence-corrected chi connectivity index (χ0v) is 10.9. The summed E-state index contributed by atoms with van der Waals surface area (Å²) in [6, 6.07) is 2.54. The zero-order chi connectivity index (χ0) is 13.3. The number of carbonyl (C=O) groups is 2. The van der Waals surface area contributed by atoms with Crippen LogP contribution in [0.4, 0.5) is 5.69 Å². The molecule has 0 aliphatic heterocycles. The standard InChI is InChI=1S/C12H11Cl2NO3/c13-8-4-7(12(17)18)5-9(14)10(8)15-11(16)6-2-1-3-6/h4-6H,1-3H2,(H,15,16)(H,17,18). The molecule has 1 aliphatic carbocycles. The van der Waals surface area contributed by atoms with Crippen molar-refractivity contribution in [3.63, 3.8) is 0 Å². The van der Waals surface area contributed by atoms with Gasteiger partial charge < -0.3 is 10.4 Å². The molecule has 1 saturated carbocycles. The third-order valence-electron chi connectivity index (χ3n) is 3.01. The van der Waals surface area contributed by atoms with Gasteiger partial charge in [0, 0.05) is 5.92 Å². The van der Waals surface area contributed by atoms with Crippen LogP contribution < -0.4 is 5.32 Å². The quantitative estimate of drug-likeness (QED) is 0.895. The van der Waals surface area contributed by atoms with Crippen LogP contribution in [0, 0.1) is 5.92 Å². The molecule has 2 N–H and O–H groups in total. The molecule has 1 aromatic rings. The summed E-state index contributed by atoms with van der Waals surface area (Å²) in [5.74, 6) is -1.22. The van der Waals surface area contributed by atoms with Gasteiger partial charge in [-0.3, -0.25) is 4.79 Å². The molecule has 0 heterocycles. The van der Waals surface area contributed by atoms with Gasteiger partial charge in [-0.1, -0.05) is 29.6 Å². The molecule has 0 atom stereocenters. The van der Waals surface area contributed by atoms with Crippen LogP contribution in [0.1, 0.15) is 29.6 Å². The molecular weight excluding hydrogens is 277 g/mol. The molecule has 6 heteroatoms. The van der Waals surface area contributed by atoms with Crippen LogP contribution in [0.3, 0.4) is 0 Å². The van der Waals surface area contributed by atoms with Gasteiger partial charge in [0.15, 0.2) is 0 Å². The summed E-state index contributed by atoms with van der Waals surface area (Å²) in [6.07, 6.45) is 2.79. The maximum absolute atomic E-state index is 11.8. The fourth-order valence-electron chi connectivity index (χ4n) is 1.71. The van der Waals surface area contributed by atoms with E-state index in [1.165, 1.54) is 12.1 Å². The van der Waals surface area contributed by atoms with E-state index < -0.39 is 5.97 Å². The third kappa shape index (κ3) is 2.60. The van der Waals surface area contributed by atoms with E-state index in [2.05, 4.69) is 5.32 Å². The minimum atomic E-state index is -1.12. The summed E-state index contributed by atoms with van der Waals surface area (Å²) in [4.78, 5) is 22.6. The lowest BCUT2D eigenvalue weighted by Crippen LogP contribution is -2.28. The van der Waals surface area contributed by atoms with Crippen molar-refractivity contribution in [1.82, 2.24) is 0 Å². The summed E-state index contributed by atoms with van der Waals surface area (Å²) in [5.41, 5.74) is 0.270. The minimum absolute atomic E-state index is 0.00774. The van der Waals surface area contributed by atoms with Crippen LogP contribution in [0.5, 0.6) is 0 Å². The largest absolute Gasteiger partial charge is 0.478 e. The summed E-state index contributed by atoms with van der Waals surface area (Å²) in [7, 11) is 0. The normalized spacial score (nSPS) is 15.0. The minimum Gasteiger partial charge on any atom is -0.478 e. The third-order valence-corrected chi connectivity index (χ3v) is 3.61. The SMILES string of the molecule is O=C(O)c1cc(Cl)c(NC(=O)C2CCC2)c(Cl)c1. The molecule has 18 heavy (non-hydrogen) atoms. The number of anilines is 1. The van der Waals surface area contributed by atoms with Crippen LogP contribution >= 0.6 is 23.2 Å². The maximum Gasteiger partial charge on any atom is 0.335 e. The molecule has 1 aliphatic rings. The molecule has 0 radical (unpaired) electrons. The number of rotatable bonds is 3. The molecule has 4 nitrogen and oxygen atoms in total. The van der Waals surface area contributed by atoms with Crippen LogP contribution in [-0.4, -0.2) is 17.0 Å². The monoisotopic (exact) mass is 287 g/mol. The number of hydrogen-bond acceptors (Lipinski definition) is 2. The van der Waals surface area contributed by atoms with Gasteiger partial charge in [0.05, 0.1) is 21.3 Å². The summed E-state index contributed by atoms with van der Waals surface area (Å²) in [6.45, 7) is 0. The lowest BCUT2D eigenvalue weighted by molar-refractivity contribution is -0.122. The first-order valence-corrected chi connectivity index (χ1v) is 6.28. The molecule has 0 bridgehead atoms. The van der Waals surface area contributed by atoms with E-state index in [0.717, 1.165) is 19.3 Å². The number of carboxylic acids is 1.